The van der Waals surface area contributed by atoms with Gasteiger partial charge in [0.1, 0.15) is 0 Å². The van der Waals surface area contributed by atoms with Gasteiger partial charge in [-0.3, -0.25) is 16.2 Å². The number of nitrogens with one attached hydrogen (secondary N) is 1. The minimum Gasteiger partial charge on any atom is -0.304 e. The second kappa shape index (κ2) is 6.12. The Morgan fingerprint density at radius 1 is 1.18 bits per heavy atom. The summed E-state index contributed by atoms with van der Waals surface area (Å²) in [6.07, 6.45) is 0. The Hall–Kier alpha value is -0.940. The highest BCUT2D eigenvalue weighted by atomic mass is 15.3. The molecule has 0 unspecified atom stereocenters. The zero-order valence-electron chi connectivity index (χ0n) is 10.5. The summed E-state index contributed by atoms with van der Waals surface area (Å²) in [6, 6.07) is 10.6. The van der Waals surface area contributed by atoms with E-state index in [1.807, 2.05) is 6.07 Å². The monoisotopic (exact) mass is 234 g/mol. The quantitative estimate of drug-likeness (QED) is 0.586. The summed E-state index contributed by atoms with van der Waals surface area (Å²) in [5, 5.41) is 0. The number of nitrogens with zero attached hydrogens (tertiary/aromatic N) is 2. The highest BCUT2D eigenvalue weighted by Gasteiger charge is 2.18. The number of benzene rings is 1. The highest BCUT2D eigenvalue weighted by molar-refractivity contribution is 5.19. The first-order valence-electron chi connectivity index (χ1n) is 6.21. The molecule has 1 aliphatic heterocycles. The van der Waals surface area contributed by atoms with Crippen LogP contribution in [0.15, 0.2) is 30.3 Å². The molecule has 1 aliphatic rings. The van der Waals surface area contributed by atoms with E-state index in [9.17, 15) is 0 Å². The molecule has 1 aromatic carbocycles. The molecule has 0 saturated carbocycles. The predicted molar refractivity (Wildman–Crippen MR) is 70.4 cm³/mol. The molecule has 1 atom stereocenters. The molecule has 0 aromatic heterocycles. The molecule has 4 nitrogen and oxygen atoms in total. The standard InChI is InChI=1S/C13H22N4/c1-16-7-9-17(10-8-16)11-13(15-14)12-5-3-2-4-6-12/h2-6,13,15H,7-11,14H2,1H3/t13-/m1/s1. The van der Waals surface area contributed by atoms with Crippen LogP contribution >= 0.6 is 0 Å². The molecule has 94 valence electrons. The van der Waals surface area contributed by atoms with Crippen LogP contribution in [-0.2, 0) is 0 Å². The van der Waals surface area contributed by atoms with Crippen LogP contribution in [0.3, 0.4) is 0 Å². The lowest BCUT2D eigenvalue weighted by Gasteiger charge is -2.34. The Balaban J connectivity index is 1.92. The molecule has 3 N–H and O–H groups in total. The Labute approximate surface area is 103 Å². The highest BCUT2D eigenvalue weighted by Crippen LogP contribution is 2.14. The van der Waals surface area contributed by atoms with E-state index in [4.69, 9.17) is 5.84 Å². The second-order valence-corrected chi connectivity index (χ2v) is 4.73. The van der Waals surface area contributed by atoms with E-state index in [0.29, 0.717) is 0 Å². The third kappa shape index (κ3) is 3.51. The molecule has 0 amide bonds. The van der Waals surface area contributed by atoms with Crippen molar-refractivity contribution in [1.82, 2.24) is 15.2 Å². The number of nitrogens with two attached hydrogens (primary N) is 1. The first-order chi connectivity index (χ1) is 8.29. The van der Waals surface area contributed by atoms with E-state index in [1.54, 1.807) is 0 Å². The van der Waals surface area contributed by atoms with Crippen molar-refractivity contribution in [2.75, 3.05) is 39.8 Å². The van der Waals surface area contributed by atoms with Crippen molar-refractivity contribution in [2.45, 2.75) is 6.04 Å². The summed E-state index contributed by atoms with van der Waals surface area (Å²) < 4.78 is 0. The molecule has 0 aliphatic carbocycles. The summed E-state index contributed by atoms with van der Waals surface area (Å²) in [5.74, 6) is 5.66. The van der Waals surface area contributed by atoms with Gasteiger partial charge in [-0.1, -0.05) is 30.3 Å². The van der Waals surface area contributed by atoms with E-state index in [0.717, 1.165) is 32.7 Å². The molecule has 1 aromatic rings. The number of likely N-dealkylation sites (N-methyl/N-ethyl adjacent to an activating group) is 1. The second-order valence-electron chi connectivity index (χ2n) is 4.73. The Bertz CT molecular complexity index is 319. The van der Waals surface area contributed by atoms with Gasteiger partial charge in [-0.05, 0) is 12.6 Å². The molecule has 4 heteroatoms. The van der Waals surface area contributed by atoms with E-state index < -0.39 is 0 Å². The zero-order valence-corrected chi connectivity index (χ0v) is 10.5. The van der Waals surface area contributed by atoms with Crippen molar-refractivity contribution in [1.29, 1.82) is 0 Å². The lowest BCUT2D eigenvalue weighted by molar-refractivity contribution is 0.142. The average Bonchev–Trinajstić information content (AvgIpc) is 2.39. The van der Waals surface area contributed by atoms with Crippen LogP contribution in [0.1, 0.15) is 11.6 Å². The Morgan fingerprint density at radius 2 is 1.82 bits per heavy atom. The van der Waals surface area contributed by atoms with Crippen molar-refractivity contribution in [2.24, 2.45) is 5.84 Å². The molecular formula is C13H22N4. The van der Waals surface area contributed by atoms with E-state index in [1.165, 1.54) is 5.56 Å². The Kier molecular flexibility index (Phi) is 4.50. The van der Waals surface area contributed by atoms with Gasteiger partial charge in [0, 0.05) is 32.7 Å². The van der Waals surface area contributed by atoms with E-state index >= 15 is 0 Å². The van der Waals surface area contributed by atoms with Gasteiger partial charge in [0.15, 0.2) is 0 Å². The van der Waals surface area contributed by atoms with Crippen LogP contribution in [0, 0.1) is 0 Å². The maximum Gasteiger partial charge on any atom is 0.0587 e. The summed E-state index contributed by atoms with van der Waals surface area (Å²) >= 11 is 0. The van der Waals surface area contributed by atoms with Crippen molar-refractivity contribution < 1.29 is 0 Å². The van der Waals surface area contributed by atoms with Crippen LogP contribution in [0.2, 0.25) is 0 Å². The molecule has 2 rings (SSSR count). The molecule has 0 radical (unpaired) electrons. The summed E-state index contributed by atoms with van der Waals surface area (Å²) in [4.78, 5) is 4.83. The largest absolute Gasteiger partial charge is 0.304 e. The molecule has 1 saturated heterocycles. The van der Waals surface area contributed by atoms with Gasteiger partial charge in [0.25, 0.3) is 0 Å². The van der Waals surface area contributed by atoms with Gasteiger partial charge >= 0.3 is 0 Å². The minimum absolute atomic E-state index is 0.222. The fourth-order valence-electron chi connectivity index (χ4n) is 2.23. The summed E-state index contributed by atoms with van der Waals surface area (Å²) in [7, 11) is 2.17. The maximum atomic E-state index is 5.66. The molecule has 17 heavy (non-hydrogen) atoms. The van der Waals surface area contributed by atoms with Gasteiger partial charge in [-0.25, -0.2) is 0 Å². The van der Waals surface area contributed by atoms with Crippen LogP contribution in [-0.4, -0.2) is 49.6 Å². The average molecular weight is 234 g/mol. The van der Waals surface area contributed by atoms with Crippen LogP contribution in [0.5, 0.6) is 0 Å². The van der Waals surface area contributed by atoms with Crippen molar-refractivity contribution in [3.05, 3.63) is 35.9 Å². The number of hydrazine groups is 1. The molecule has 1 heterocycles. The number of hydrogen-bond donors (Lipinski definition) is 2. The number of hydrogen-bond acceptors (Lipinski definition) is 4. The van der Waals surface area contributed by atoms with Crippen molar-refractivity contribution >= 4 is 0 Å². The zero-order chi connectivity index (χ0) is 12.1. The number of piperazine rings is 1. The fourth-order valence-corrected chi connectivity index (χ4v) is 2.23. The van der Waals surface area contributed by atoms with Crippen molar-refractivity contribution in [3.8, 4) is 0 Å². The van der Waals surface area contributed by atoms with Gasteiger partial charge in [0.2, 0.25) is 0 Å². The number of rotatable bonds is 4. The fraction of sp³-hybridized carbons (Fsp3) is 0.538. The van der Waals surface area contributed by atoms with Gasteiger partial charge in [-0.15, -0.1) is 0 Å². The summed E-state index contributed by atoms with van der Waals surface area (Å²) in [6.45, 7) is 5.52. The van der Waals surface area contributed by atoms with E-state index in [-0.39, 0.29) is 6.04 Å². The topological polar surface area (TPSA) is 44.5 Å². The van der Waals surface area contributed by atoms with Gasteiger partial charge in [0.05, 0.1) is 6.04 Å². The van der Waals surface area contributed by atoms with Crippen LogP contribution < -0.4 is 11.3 Å². The molecule has 0 bridgehead atoms. The molecular weight excluding hydrogens is 212 g/mol. The van der Waals surface area contributed by atoms with Gasteiger partial charge < -0.3 is 4.90 Å². The lowest BCUT2D eigenvalue weighted by atomic mass is 10.1. The maximum absolute atomic E-state index is 5.66. The first kappa shape index (κ1) is 12.5. The Morgan fingerprint density at radius 3 is 2.41 bits per heavy atom. The van der Waals surface area contributed by atoms with Crippen LogP contribution in [0.4, 0.5) is 0 Å². The first-order valence-corrected chi connectivity index (χ1v) is 6.21. The van der Waals surface area contributed by atoms with Crippen LogP contribution in [0.25, 0.3) is 0 Å². The normalized spacial score (nSPS) is 20.4. The smallest absolute Gasteiger partial charge is 0.0587 e. The van der Waals surface area contributed by atoms with Gasteiger partial charge in [-0.2, -0.15) is 0 Å². The molecule has 1 fully saturated rings. The third-order valence-corrected chi connectivity index (χ3v) is 3.44. The van der Waals surface area contributed by atoms with Crippen molar-refractivity contribution in [3.63, 3.8) is 0 Å². The summed E-state index contributed by atoms with van der Waals surface area (Å²) in [5.41, 5.74) is 4.18. The third-order valence-electron chi connectivity index (χ3n) is 3.44. The predicted octanol–water partition coefficient (Wildman–Crippen LogP) is 0.438. The minimum atomic E-state index is 0.222. The SMILES string of the molecule is CN1CCN(C[C@@H](NN)c2ccccc2)CC1. The van der Waals surface area contributed by atoms with E-state index in [2.05, 4.69) is 46.5 Å². The molecule has 0 spiro atoms. The lowest BCUT2D eigenvalue weighted by Crippen LogP contribution is -2.48.